The standard InChI is InChI=1S/C12H21NO3S/c1-3-4-5-6-7-8-12(16)17-9-11(15)13-10(2)14/h3-9H2,1-2H3,(H,13,14,15). The van der Waals surface area contributed by atoms with Crippen LogP contribution in [0.25, 0.3) is 0 Å². The van der Waals surface area contributed by atoms with Gasteiger partial charge in [-0.3, -0.25) is 19.7 Å². The van der Waals surface area contributed by atoms with E-state index >= 15 is 0 Å². The summed E-state index contributed by atoms with van der Waals surface area (Å²) in [4.78, 5) is 33.0. The van der Waals surface area contributed by atoms with Gasteiger partial charge in [0, 0.05) is 13.3 Å². The van der Waals surface area contributed by atoms with Crippen LogP contribution in [0.1, 0.15) is 52.4 Å². The van der Waals surface area contributed by atoms with Gasteiger partial charge in [0.25, 0.3) is 0 Å². The van der Waals surface area contributed by atoms with Crippen LogP contribution in [0.15, 0.2) is 0 Å². The Balaban J connectivity index is 3.46. The number of amides is 2. The van der Waals surface area contributed by atoms with E-state index in [9.17, 15) is 14.4 Å². The average Bonchev–Trinajstić information content (AvgIpc) is 2.25. The Labute approximate surface area is 107 Å². The summed E-state index contributed by atoms with van der Waals surface area (Å²) in [5.74, 6) is -0.752. The quantitative estimate of drug-likeness (QED) is 0.679. The maximum Gasteiger partial charge on any atom is 0.237 e. The fourth-order valence-electron chi connectivity index (χ4n) is 1.32. The third-order valence-electron chi connectivity index (χ3n) is 2.16. The molecular weight excluding hydrogens is 238 g/mol. The Morgan fingerprint density at radius 1 is 1.06 bits per heavy atom. The molecule has 2 amide bonds. The summed E-state index contributed by atoms with van der Waals surface area (Å²) in [7, 11) is 0. The van der Waals surface area contributed by atoms with Gasteiger partial charge < -0.3 is 0 Å². The van der Waals surface area contributed by atoms with Crippen molar-refractivity contribution in [3.05, 3.63) is 0 Å². The predicted octanol–water partition coefficient (Wildman–Crippen LogP) is 2.27. The highest BCUT2D eigenvalue weighted by Crippen LogP contribution is 2.11. The summed E-state index contributed by atoms with van der Waals surface area (Å²) in [6.07, 6.45) is 6.04. The van der Waals surface area contributed by atoms with Crippen LogP contribution in [0.2, 0.25) is 0 Å². The lowest BCUT2D eigenvalue weighted by Crippen LogP contribution is -2.29. The molecule has 98 valence electrons. The van der Waals surface area contributed by atoms with E-state index in [-0.39, 0.29) is 16.8 Å². The number of nitrogens with one attached hydrogen (secondary N) is 1. The average molecular weight is 259 g/mol. The van der Waals surface area contributed by atoms with Gasteiger partial charge in [-0.25, -0.2) is 0 Å². The molecule has 0 aliphatic carbocycles. The van der Waals surface area contributed by atoms with Gasteiger partial charge in [-0.05, 0) is 6.42 Å². The Bertz CT molecular complexity index is 266. The van der Waals surface area contributed by atoms with Crippen molar-refractivity contribution < 1.29 is 14.4 Å². The molecule has 0 rings (SSSR count). The third kappa shape index (κ3) is 11.4. The van der Waals surface area contributed by atoms with Gasteiger partial charge in [0.1, 0.15) is 0 Å². The smallest absolute Gasteiger partial charge is 0.237 e. The lowest BCUT2D eigenvalue weighted by molar-refractivity contribution is -0.127. The van der Waals surface area contributed by atoms with E-state index in [2.05, 4.69) is 12.2 Å². The van der Waals surface area contributed by atoms with Crippen LogP contribution in [0, 0.1) is 0 Å². The van der Waals surface area contributed by atoms with Gasteiger partial charge in [0.15, 0.2) is 5.12 Å². The van der Waals surface area contributed by atoms with E-state index in [0.717, 1.165) is 24.6 Å². The highest BCUT2D eigenvalue weighted by Gasteiger charge is 2.08. The normalized spacial score (nSPS) is 10.0. The molecule has 0 aromatic rings. The first-order valence-corrected chi connectivity index (χ1v) is 7.00. The first-order chi connectivity index (χ1) is 8.06. The van der Waals surface area contributed by atoms with Gasteiger partial charge in [-0.1, -0.05) is 44.4 Å². The minimum Gasteiger partial charge on any atom is -0.296 e. The number of rotatable bonds is 8. The molecule has 5 heteroatoms. The van der Waals surface area contributed by atoms with E-state index in [1.54, 1.807) is 0 Å². The van der Waals surface area contributed by atoms with Gasteiger partial charge >= 0.3 is 0 Å². The van der Waals surface area contributed by atoms with Crippen molar-refractivity contribution in [1.29, 1.82) is 0 Å². The second-order valence-electron chi connectivity index (χ2n) is 3.93. The minimum atomic E-state index is -0.401. The van der Waals surface area contributed by atoms with Crippen LogP contribution in [0.3, 0.4) is 0 Å². The molecule has 0 atom stereocenters. The van der Waals surface area contributed by atoms with Crippen molar-refractivity contribution in [2.75, 3.05) is 5.75 Å². The van der Waals surface area contributed by atoms with Gasteiger partial charge in [0.05, 0.1) is 5.75 Å². The molecule has 0 saturated heterocycles. The number of imide groups is 1. The fraction of sp³-hybridized carbons (Fsp3) is 0.750. The number of carbonyl (C=O) groups is 3. The highest BCUT2D eigenvalue weighted by molar-refractivity contribution is 8.14. The van der Waals surface area contributed by atoms with E-state index in [1.165, 1.54) is 26.2 Å². The van der Waals surface area contributed by atoms with Crippen molar-refractivity contribution in [2.45, 2.75) is 52.4 Å². The molecule has 17 heavy (non-hydrogen) atoms. The van der Waals surface area contributed by atoms with Crippen molar-refractivity contribution in [2.24, 2.45) is 0 Å². The lowest BCUT2D eigenvalue weighted by Gasteiger charge is -2.01. The van der Waals surface area contributed by atoms with Crippen molar-refractivity contribution >= 4 is 28.7 Å². The third-order valence-corrected chi connectivity index (χ3v) is 3.10. The van der Waals surface area contributed by atoms with Gasteiger partial charge in [0.2, 0.25) is 11.8 Å². The fourth-order valence-corrected chi connectivity index (χ4v) is 1.98. The molecule has 0 fully saturated rings. The molecule has 0 heterocycles. The second kappa shape index (κ2) is 10.3. The van der Waals surface area contributed by atoms with Crippen LogP contribution in [0.5, 0.6) is 0 Å². The van der Waals surface area contributed by atoms with Crippen LogP contribution in [-0.2, 0) is 14.4 Å². The van der Waals surface area contributed by atoms with E-state index in [4.69, 9.17) is 0 Å². The molecular formula is C12H21NO3S. The van der Waals surface area contributed by atoms with Crippen LogP contribution in [-0.4, -0.2) is 22.7 Å². The molecule has 0 unspecified atom stereocenters. The van der Waals surface area contributed by atoms with E-state index in [0.29, 0.717) is 6.42 Å². The summed E-state index contributed by atoms with van der Waals surface area (Å²) in [5.41, 5.74) is 0. The number of hydrogen-bond acceptors (Lipinski definition) is 4. The lowest BCUT2D eigenvalue weighted by atomic mass is 10.1. The van der Waals surface area contributed by atoms with Crippen LogP contribution >= 0.6 is 11.8 Å². The monoisotopic (exact) mass is 259 g/mol. The summed E-state index contributed by atoms with van der Waals surface area (Å²) >= 11 is 0.987. The predicted molar refractivity (Wildman–Crippen MR) is 69.7 cm³/mol. The number of unbranched alkanes of at least 4 members (excludes halogenated alkanes) is 4. The van der Waals surface area contributed by atoms with Crippen molar-refractivity contribution in [1.82, 2.24) is 5.32 Å². The molecule has 1 N–H and O–H groups in total. The summed E-state index contributed by atoms with van der Waals surface area (Å²) < 4.78 is 0. The Morgan fingerprint density at radius 3 is 2.29 bits per heavy atom. The van der Waals surface area contributed by atoms with Crippen LogP contribution in [0.4, 0.5) is 0 Å². The molecule has 0 saturated carbocycles. The zero-order valence-electron chi connectivity index (χ0n) is 10.6. The van der Waals surface area contributed by atoms with Gasteiger partial charge in [-0.15, -0.1) is 0 Å². The molecule has 4 nitrogen and oxygen atoms in total. The molecule has 0 radical (unpaired) electrons. The minimum absolute atomic E-state index is 0.0280. The molecule has 0 aliphatic rings. The molecule has 0 aromatic heterocycles. The van der Waals surface area contributed by atoms with Crippen molar-refractivity contribution in [3.8, 4) is 0 Å². The van der Waals surface area contributed by atoms with Crippen LogP contribution < -0.4 is 5.32 Å². The summed E-state index contributed by atoms with van der Waals surface area (Å²) in [5, 5.41) is 2.16. The maximum absolute atomic E-state index is 11.4. The summed E-state index contributed by atoms with van der Waals surface area (Å²) in [6.45, 7) is 3.42. The Hall–Kier alpha value is -0.840. The highest BCUT2D eigenvalue weighted by atomic mass is 32.2. The van der Waals surface area contributed by atoms with E-state index in [1.807, 2.05) is 0 Å². The number of hydrogen-bond donors (Lipinski definition) is 1. The number of thioether (sulfide) groups is 1. The summed E-state index contributed by atoms with van der Waals surface area (Å²) in [6, 6.07) is 0. The number of carbonyl (C=O) groups excluding carboxylic acids is 3. The molecule has 0 bridgehead atoms. The zero-order valence-corrected chi connectivity index (χ0v) is 11.4. The maximum atomic E-state index is 11.4. The SMILES string of the molecule is CCCCCCCC(=O)SCC(=O)NC(C)=O. The largest absolute Gasteiger partial charge is 0.296 e. The van der Waals surface area contributed by atoms with Crippen molar-refractivity contribution in [3.63, 3.8) is 0 Å². The Morgan fingerprint density at radius 2 is 1.71 bits per heavy atom. The topological polar surface area (TPSA) is 63.2 Å². The first kappa shape index (κ1) is 16.2. The second-order valence-corrected chi connectivity index (χ2v) is 4.96. The molecule has 0 aromatic carbocycles. The molecule has 0 spiro atoms. The van der Waals surface area contributed by atoms with Gasteiger partial charge in [-0.2, -0.15) is 0 Å². The zero-order chi connectivity index (χ0) is 13.1. The van der Waals surface area contributed by atoms with E-state index < -0.39 is 5.91 Å². The first-order valence-electron chi connectivity index (χ1n) is 6.02. The Kier molecular flexibility index (Phi) is 9.81. The molecule has 0 aliphatic heterocycles.